The van der Waals surface area contributed by atoms with Gasteiger partial charge in [-0.2, -0.15) is 0 Å². The quantitative estimate of drug-likeness (QED) is 0.900. The molecule has 0 aliphatic rings. The van der Waals surface area contributed by atoms with E-state index in [1.165, 1.54) is 13.2 Å². The number of carbonyl (C=O) groups is 1. The van der Waals surface area contributed by atoms with Gasteiger partial charge in [-0.05, 0) is 12.1 Å². The van der Waals surface area contributed by atoms with Crippen molar-refractivity contribution in [2.45, 2.75) is 0 Å². The molecule has 0 bridgehead atoms. The molecule has 3 nitrogen and oxygen atoms in total. The van der Waals surface area contributed by atoms with Crippen LogP contribution < -0.4 is 4.74 Å². The summed E-state index contributed by atoms with van der Waals surface area (Å²) < 4.78 is 19.1. The van der Waals surface area contributed by atoms with Crippen molar-refractivity contribution in [2.75, 3.05) is 7.11 Å². The molecule has 0 unspecified atom stereocenters. The van der Waals surface area contributed by atoms with Gasteiger partial charge in [-0.1, -0.05) is 11.6 Å². The third-order valence-electron chi connectivity index (χ3n) is 2.11. The van der Waals surface area contributed by atoms with Crippen molar-refractivity contribution in [3.8, 4) is 5.75 Å². The standard InChI is InChI=1S/C10H6ClFO3S/c1-15-4-2-3-5-6(8(4)12)7(11)9(16-5)10(13)14/h2-3H,1H3,(H,13,14). The zero-order chi connectivity index (χ0) is 11.9. The number of carboxylic acid groups (broad SMARTS) is 1. The molecule has 1 aromatic heterocycles. The van der Waals surface area contributed by atoms with E-state index in [9.17, 15) is 9.18 Å². The number of rotatable bonds is 2. The molecule has 0 radical (unpaired) electrons. The average molecular weight is 261 g/mol. The molecule has 2 rings (SSSR count). The van der Waals surface area contributed by atoms with Gasteiger partial charge in [0.2, 0.25) is 0 Å². The topological polar surface area (TPSA) is 46.5 Å². The van der Waals surface area contributed by atoms with Crippen molar-refractivity contribution in [1.29, 1.82) is 0 Å². The van der Waals surface area contributed by atoms with Gasteiger partial charge in [-0.3, -0.25) is 0 Å². The summed E-state index contributed by atoms with van der Waals surface area (Å²) >= 11 is 6.76. The number of hydrogen-bond acceptors (Lipinski definition) is 3. The first kappa shape index (κ1) is 11.2. The summed E-state index contributed by atoms with van der Waals surface area (Å²) in [6, 6.07) is 3.02. The molecule has 0 fully saturated rings. The highest BCUT2D eigenvalue weighted by molar-refractivity contribution is 7.21. The minimum absolute atomic E-state index is 0.0455. The summed E-state index contributed by atoms with van der Waals surface area (Å²) in [6.07, 6.45) is 0. The molecule has 6 heteroatoms. The third-order valence-corrected chi connectivity index (χ3v) is 3.75. The summed E-state index contributed by atoms with van der Waals surface area (Å²) in [5.74, 6) is -1.75. The molecule has 1 N–H and O–H groups in total. The van der Waals surface area contributed by atoms with Crippen molar-refractivity contribution >= 4 is 39.0 Å². The Hall–Kier alpha value is -1.33. The van der Waals surface area contributed by atoms with E-state index in [2.05, 4.69) is 0 Å². The Labute approximate surface area is 99.0 Å². The Morgan fingerprint density at radius 3 is 2.81 bits per heavy atom. The first-order valence-corrected chi connectivity index (χ1v) is 5.43. The Bertz CT molecular complexity index is 579. The molecular formula is C10H6ClFO3S. The maximum absolute atomic E-state index is 13.8. The number of hydrogen-bond donors (Lipinski definition) is 1. The highest BCUT2D eigenvalue weighted by Gasteiger charge is 2.20. The number of ether oxygens (including phenoxy) is 1. The molecule has 84 valence electrons. The van der Waals surface area contributed by atoms with Gasteiger partial charge in [0.1, 0.15) is 4.88 Å². The van der Waals surface area contributed by atoms with Crippen molar-refractivity contribution in [2.24, 2.45) is 0 Å². The van der Waals surface area contributed by atoms with Crippen LogP contribution in [0.3, 0.4) is 0 Å². The minimum atomic E-state index is -1.16. The number of fused-ring (bicyclic) bond motifs is 1. The fourth-order valence-corrected chi connectivity index (χ4v) is 2.76. The summed E-state index contributed by atoms with van der Waals surface area (Å²) in [6.45, 7) is 0. The van der Waals surface area contributed by atoms with Crippen LogP contribution in [-0.2, 0) is 0 Å². The van der Waals surface area contributed by atoms with Gasteiger partial charge in [0.15, 0.2) is 11.6 Å². The zero-order valence-electron chi connectivity index (χ0n) is 8.08. The van der Waals surface area contributed by atoms with Gasteiger partial charge in [0, 0.05) is 4.70 Å². The monoisotopic (exact) mass is 260 g/mol. The molecule has 2 aromatic rings. The first-order chi connectivity index (χ1) is 7.56. The molecule has 0 aliphatic heterocycles. The smallest absolute Gasteiger partial charge is 0.347 e. The van der Waals surface area contributed by atoms with Crippen LogP contribution >= 0.6 is 22.9 Å². The molecule has 1 heterocycles. The van der Waals surface area contributed by atoms with Gasteiger partial charge in [-0.15, -0.1) is 11.3 Å². The van der Waals surface area contributed by atoms with E-state index in [0.717, 1.165) is 11.3 Å². The van der Waals surface area contributed by atoms with Crippen molar-refractivity contribution < 1.29 is 19.0 Å². The van der Waals surface area contributed by atoms with Crippen LogP contribution in [-0.4, -0.2) is 18.2 Å². The molecule has 0 spiro atoms. The predicted octanol–water partition coefficient (Wildman–Crippen LogP) is 3.40. The van der Waals surface area contributed by atoms with Gasteiger partial charge in [-0.25, -0.2) is 9.18 Å². The summed E-state index contributed by atoms with van der Waals surface area (Å²) in [4.78, 5) is 10.8. The van der Waals surface area contributed by atoms with Crippen LogP contribution in [0.25, 0.3) is 10.1 Å². The number of thiophene rings is 1. The highest BCUT2D eigenvalue weighted by atomic mass is 35.5. The third kappa shape index (κ3) is 1.52. The molecular weight excluding hydrogens is 255 g/mol. The Morgan fingerprint density at radius 2 is 2.25 bits per heavy atom. The Balaban J connectivity index is 2.83. The first-order valence-electron chi connectivity index (χ1n) is 4.24. The van der Waals surface area contributed by atoms with E-state index in [1.807, 2.05) is 0 Å². The van der Waals surface area contributed by atoms with Crippen LogP contribution in [0, 0.1) is 5.82 Å². The Morgan fingerprint density at radius 1 is 1.56 bits per heavy atom. The zero-order valence-corrected chi connectivity index (χ0v) is 9.66. The van der Waals surface area contributed by atoms with Crippen LogP contribution in [0.5, 0.6) is 5.75 Å². The fraction of sp³-hybridized carbons (Fsp3) is 0.100. The fourth-order valence-electron chi connectivity index (χ4n) is 1.39. The van der Waals surface area contributed by atoms with E-state index in [0.29, 0.717) is 4.70 Å². The molecule has 16 heavy (non-hydrogen) atoms. The van der Waals surface area contributed by atoms with E-state index in [-0.39, 0.29) is 21.0 Å². The van der Waals surface area contributed by atoms with Crippen LogP contribution in [0.4, 0.5) is 4.39 Å². The van der Waals surface area contributed by atoms with E-state index < -0.39 is 11.8 Å². The molecule has 0 atom stereocenters. The summed E-state index contributed by atoms with van der Waals surface area (Å²) in [5.41, 5.74) is 0. The second kappa shape index (κ2) is 3.92. The van der Waals surface area contributed by atoms with Crippen molar-refractivity contribution in [1.82, 2.24) is 0 Å². The van der Waals surface area contributed by atoms with Gasteiger partial charge >= 0.3 is 5.97 Å². The van der Waals surface area contributed by atoms with Crippen molar-refractivity contribution in [3.05, 3.63) is 27.8 Å². The summed E-state index contributed by atoms with van der Waals surface area (Å²) in [5, 5.41) is 8.88. The lowest BCUT2D eigenvalue weighted by Crippen LogP contribution is -1.92. The van der Waals surface area contributed by atoms with Crippen LogP contribution in [0.15, 0.2) is 12.1 Å². The molecule has 0 saturated carbocycles. The SMILES string of the molecule is COc1ccc2sc(C(=O)O)c(Cl)c2c1F. The number of halogens is 2. The number of benzene rings is 1. The predicted molar refractivity (Wildman–Crippen MR) is 60.3 cm³/mol. The lowest BCUT2D eigenvalue weighted by Gasteiger charge is -2.01. The largest absolute Gasteiger partial charge is 0.494 e. The maximum atomic E-state index is 13.8. The average Bonchev–Trinajstić information content (AvgIpc) is 2.57. The Kier molecular flexibility index (Phi) is 2.73. The lowest BCUT2D eigenvalue weighted by atomic mass is 10.2. The van der Waals surface area contributed by atoms with Gasteiger partial charge in [0.05, 0.1) is 17.5 Å². The second-order valence-corrected chi connectivity index (χ2v) is 4.44. The van der Waals surface area contributed by atoms with E-state index in [1.54, 1.807) is 6.07 Å². The minimum Gasteiger partial charge on any atom is -0.494 e. The van der Waals surface area contributed by atoms with Gasteiger partial charge in [0.25, 0.3) is 0 Å². The molecule has 0 saturated heterocycles. The molecule has 1 aromatic carbocycles. The molecule has 0 aliphatic carbocycles. The number of carboxylic acids is 1. The lowest BCUT2D eigenvalue weighted by molar-refractivity contribution is 0.0702. The number of methoxy groups -OCH3 is 1. The van der Waals surface area contributed by atoms with E-state index in [4.69, 9.17) is 21.4 Å². The van der Waals surface area contributed by atoms with Crippen LogP contribution in [0.2, 0.25) is 5.02 Å². The van der Waals surface area contributed by atoms with Gasteiger partial charge < -0.3 is 9.84 Å². The summed E-state index contributed by atoms with van der Waals surface area (Å²) in [7, 11) is 1.34. The van der Waals surface area contributed by atoms with Crippen molar-refractivity contribution in [3.63, 3.8) is 0 Å². The molecule has 0 amide bonds. The normalized spacial score (nSPS) is 10.7. The van der Waals surface area contributed by atoms with Crippen LogP contribution in [0.1, 0.15) is 9.67 Å². The second-order valence-electron chi connectivity index (χ2n) is 3.01. The highest BCUT2D eigenvalue weighted by Crippen LogP contribution is 2.39. The maximum Gasteiger partial charge on any atom is 0.347 e. The van der Waals surface area contributed by atoms with E-state index >= 15 is 0 Å². The number of aromatic carboxylic acids is 1.